The fraction of sp³-hybridized carbons (Fsp3) is 0.333. The molecule has 7 heteroatoms. The van der Waals surface area contributed by atoms with Crippen LogP contribution in [0.25, 0.3) is 0 Å². The highest BCUT2D eigenvalue weighted by Crippen LogP contribution is 2.32. The van der Waals surface area contributed by atoms with Gasteiger partial charge in [0.25, 0.3) is 5.91 Å². The third kappa shape index (κ3) is 4.38. The fourth-order valence-electron chi connectivity index (χ4n) is 2.79. The van der Waals surface area contributed by atoms with Crippen molar-refractivity contribution in [2.45, 2.75) is 26.2 Å². The van der Waals surface area contributed by atoms with Gasteiger partial charge >= 0.3 is 5.97 Å². The van der Waals surface area contributed by atoms with Crippen molar-refractivity contribution in [2.75, 3.05) is 11.9 Å². The number of thiophene rings is 1. The van der Waals surface area contributed by atoms with Crippen LogP contribution in [-0.4, -0.2) is 18.5 Å². The van der Waals surface area contributed by atoms with E-state index < -0.39 is 24.3 Å². The average molecular weight is 382 g/mol. The summed E-state index contributed by atoms with van der Waals surface area (Å²) in [4.78, 5) is 25.8. The first-order valence-electron chi connectivity index (χ1n) is 7.96. The highest BCUT2D eigenvalue weighted by molar-refractivity contribution is 7.14. The lowest BCUT2D eigenvalue weighted by Gasteiger charge is -2.16. The van der Waals surface area contributed by atoms with Gasteiger partial charge in [-0.2, -0.15) is 0 Å². The second kappa shape index (κ2) is 7.54. The van der Waals surface area contributed by atoms with Gasteiger partial charge in [0.1, 0.15) is 10.7 Å². The molecular weight excluding hydrogens is 365 g/mol. The summed E-state index contributed by atoms with van der Waals surface area (Å²) in [5.74, 6) is -0.910. The molecule has 1 atom stereocenters. The SMILES string of the molecule is C[C@H]1CCc2sc(C(=O)OCC(=O)Nc3ccc(F)cc3Cl)cc2C1. The summed E-state index contributed by atoms with van der Waals surface area (Å²) in [5, 5.41) is 2.57. The van der Waals surface area contributed by atoms with Crippen LogP contribution in [0.1, 0.15) is 33.5 Å². The Kier molecular flexibility index (Phi) is 5.39. The molecule has 1 N–H and O–H groups in total. The molecule has 25 heavy (non-hydrogen) atoms. The first-order valence-corrected chi connectivity index (χ1v) is 9.15. The van der Waals surface area contributed by atoms with Gasteiger partial charge in [0.2, 0.25) is 0 Å². The van der Waals surface area contributed by atoms with E-state index in [0.29, 0.717) is 10.8 Å². The van der Waals surface area contributed by atoms with Gasteiger partial charge in [0, 0.05) is 4.88 Å². The Morgan fingerprint density at radius 2 is 2.20 bits per heavy atom. The van der Waals surface area contributed by atoms with E-state index in [1.807, 2.05) is 6.07 Å². The number of hydrogen-bond donors (Lipinski definition) is 1. The van der Waals surface area contributed by atoms with Crippen LogP contribution < -0.4 is 5.32 Å². The van der Waals surface area contributed by atoms with Crippen LogP contribution in [0.4, 0.5) is 10.1 Å². The smallest absolute Gasteiger partial charge is 0.348 e. The molecule has 1 aliphatic rings. The van der Waals surface area contributed by atoms with Gasteiger partial charge in [-0.3, -0.25) is 4.79 Å². The van der Waals surface area contributed by atoms with Gasteiger partial charge in [-0.25, -0.2) is 9.18 Å². The maximum absolute atomic E-state index is 13.0. The predicted molar refractivity (Wildman–Crippen MR) is 95.8 cm³/mol. The van der Waals surface area contributed by atoms with Crippen LogP contribution in [0.5, 0.6) is 0 Å². The van der Waals surface area contributed by atoms with Crippen LogP contribution in [-0.2, 0) is 22.4 Å². The number of carbonyl (C=O) groups is 2. The lowest BCUT2D eigenvalue weighted by Crippen LogP contribution is -2.20. The molecule has 2 aromatic rings. The van der Waals surface area contributed by atoms with Crippen molar-refractivity contribution in [3.05, 3.63) is 50.4 Å². The number of anilines is 1. The lowest BCUT2D eigenvalue weighted by atomic mass is 9.90. The molecule has 0 spiro atoms. The number of halogens is 2. The standard InChI is InChI=1S/C18H17ClFNO3S/c1-10-2-5-15-11(6-10)7-16(25-15)18(23)24-9-17(22)21-14-4-3-12(20)8-13(14)19/h3-4,7-8,10H,2,5-6,9H2,1H3,(H,21,22)/t10-/m0/s1. The van der Waals surface area contributed by atoms with E-state index in [2.05, 4.69) is 12.2 Å². The van der Waals surface area contributed by atoms with Crippen molar-refractivity contribution in [3.8, 4) is 0 Å². The third-order valence-electron chi connectivity index (χ3n) is 4.07. The molecule has 1 heterocycles. The fourth-order valence-corrected chi connectivity index (χ4v) is 4.10. The Bertz CT molecular complexity index is 821. The number of esters is 1. The van der Waals surface area contributed by atoms with Crippen molar-refractivity contribution >= 4 is 40.5 Å². The van der Waals surface area contributed by atoms with Crippen LogP contribution in [0.15, 0.2) is 24.3 Å². The molecule has 0 saturated heterocycles. The summed E-state index contributed by atoms with van der Waals surface area (Å²) in [7, 11) is 0. The summed E-state index contributed by atoms with van der Waals surface area (Å²) in [6.45, 7) is 1.77. The molecule has 1 aliphatic carbocycles. The minimum absolute atomic E-state index is 0.0831. The molecule has 0 bridgehead atoms. The molecule has 0 unspecified atom stereocenters. The monoisotopic (exact) mass is 381 g/mol. The number of benzene rings is 1. The quantitative estimate of drug-likeness (QED) is 0.795. The van der Waals surface area contributed by atoms with E-state index in [-0.39, 0.29) is 10.7 Å². The Morgan fingerprint density at radius 3 is 2.96 bits per heavy atom. The van der Waals surface area contributed by atoms with E-state index in [0.717, 1.165) is 25.3 Å². The number of carbonyl (C=O) groups excluding carboxylic acids is 2. The molecule has 0 aliphatic heterocycles. The highest BCUT2D eigenvalue weighted by Gasteiger charge is 2.21. The van der Waals surface area contributed by atoms with Crippen molar-refractivity contribution < 1.29 is 18.7 Å². The van der Waals surface area contributed by atoms with Gasteiger partial charge in [0.05, 0.1) is 10.7 Å². The van der Waals surface area contributed by atoms with Gasteiger partial charge < -0.3 is 10.1 Å². The van der Waals surface area contributed by atoms with E-state index in [4.69, 9.17) is 16.3 Å². The zero-order chi connectivity index (χ0) is 18.0. The van der Waals surface area contributed by atoms with E-state index in [1.165, 1.54) is 33.9 Å². The minimum Gasteiger partial charge on any atom is -0.451 e. The van der Waals surface area contributed by atoms with Crippen molar-refractivity contribution in [1.82, 2.24) is 0 Å². The van der Waals surface area contributed by atoms with Gasteiger partial charge in [-0.05, 0) is 55.0 Å². The second-order valence-corrected chi connectivity index (χ2v) is 7.70. The average Bonchev–Trinajstić information content (AvgIpc) is 2.98. The third-order valence-corrected chi connectivity index (χ3v) is 5.60. The number of aryl methyl sites for hydroxylation is 1. The molecule has 1 aromatic carbocycles. The van der Waals surface area contributed by atoms with Crippen molar-refractivity contribution in [1.29, 1.82) is 0 Å². The number of fused-ring (bicyclic) bond motifs is 1. The van der Waals surface area contributed by atoms with Crippen molar-refractivity contribution in [2.24, 2.45) is 5.92 Å². The molecule has 0 fully saturated rings. The molecular formula is C18H17ClFNO3S. The summed E-state index contributed by atoms with van der Waals surface area (Å²) in [6, 6.07) is 5.50. The first kappa shape index (κ1) is 17.9. The van der Waals surface area contributed by atoms with E-state index in [9.17, 15) is 14.0 Å². The molecule has 4 nitrogen and oxygen atoms in total. The Labute approximate surface area is 153 Å². The summed E-state index contributed by atoms with van der Waals surface area (Å²) >= 11 is 7.28. The lowest BCUT2D eigenvalue weighted by molar-refractivity contribution is -0.119. The molecule has 0 radical (unpaired) electrons. The zero-order valence-electron chi connectivity index (χ0n) is 13.6. The number of amides is 1. The summed E-state index contributed by atoms with van der Waals surface area (Å²) in [6.07, 6.45) is 3.09. The molecule has 3 rings (SSSR count). The van der Waals surface area contributed by atoms with Gasteiger partial charge in [0.15, 0.2) is 6.61 Å². The maximum Gasteiger partial charge on any atom is 0.348 e. The number of nitrogens with one attached hydrogen (secondary N) is 1. The second-order valence-electron chi connectivity index (χ2n) is 6.16. The highest BCUT2D eigenvalue weighted by atomic mass is 35.5. The van der Waals surface area contributed by atoms with E-state index in [1.54, 1.807) is 0 Å². The Hall–Kier alpha value is -1.92. The number of ether oxygens (including phenoxy) is 1. The largest absolute Gasteiger partial charge is 0.451 e. The van der Waals surface area contributed by atoms with Crippen LogP contribution >= 0.6 is 22.9 Å². The van der Waals surface area contributed by atoms with Gasteiger partial charge in [-0.1, -0.05) is 18.5 Å². The van der Waals surface area contributed by atoms with E-state index >= 15 is 0 Å². The first-order chi connectivity index (χ1) is 11.9. The topological polar surface area (TPSA) is 55.4 Å². The van der Waals surface area contributed by atoms with Gasteiger partial charge in [-0.15, -0.1) is 11.3 Å². The van der Waals surface area contributed by atoms with Crippen molar-refractivity contribution in [3.63, 3.8) is 0 Å². The Morgan fingerprint density at radius 1 is 1.40 bits per heavy atom. The predicted octanol–water partition coefficient (Wildman–Crippen LogP) is 4.46. The molecule has 0 saturated carbocycles. The minimum atomic E-state index is -0.531. The van der Waals surface area contributed by atoms with Crippen LogP contribution in [0.2, 0.25) is 5.02 Å². The Balaban J connectivity index is 1.56. The molecule has 1 aromatic heterocycles. The normalized spacial score (nSPS) is 16.2. The number of hydrogen-bond acceptors (Lipinski definition) is 4. The summed E-state index contributed by atoms with van der Waals surface area (Å²) < 4.78 is 18.1. The maximum atomic E-state index is 13.0. The number of rotatable bonds is 4. The molecule has 132 valence electrons. The zero-order valence-corrected chi connectivity index (χ0v) is 15.2. The summed E-state index contributed by atoms with van der Waals surface area (Å²) in [5.41, 5.74) is 1.47. The van der Waals surface area contributed by atoms with Crippen LogP contribution in [0, 0.1) is 11.7 Å². The molecule has 1 amide bonds. The van der Waals surface area contributed by atoms with Crippen LogP contribution in [0.3, 0.4) is 0 Å².